The molecule has 2 heterocycles. The van der Waals surface area contributed by atoms with E-state index in [4.69, 9.17) is 20.4 Å². The van der Waals surface area contributed by atoms with Crippen molar-refractivity contribution < 1.29 is 24.2 Å². The molecule has 232 valence electrons. The highest BCUT2D eigenvalue weighted by Gasteiger charge is 2.65. The van der Waals surface area contributed by atoms with Gasteiger partial charge in [0.1, 0.15) is 11.1 Å². The van der Waals surface area contributed by atoms with Crippen LogP contribution in [0.3, 0.4) is 0 Å². The number of hydrogen-bond acceptors (Lipinski definition) is 8. The first-order valence-electron chi connectivity index (χ1n) is 16.1. The van der Waals surface area contributed by atoms with Gasteiger partial charge < -0.3 is 24.2 Å². The number of aryl methyl sites for hydroxylation is 1. The minimum atomic E-state index is -0.539. The summed E-state index contributed by atoms with van der Waals surface area (Å²) in [6.45, 7) is 6.90. The zero-order valence-corrected chi connectivity index (χ0v) is 26.0. The van der Waals surface area contributed by atoms with E-state index in [1.54, 1.807) is 24.3 Å². The van der Waals surface area contributed by atoms with Crippen LogP contribution < -0.4 is 5.63 Å². The zero-order chi connectivity index (χ0) is 30.3. The summed E-state index contributed by atoms with van der Waals surface area (Å²) in [6, 6.07) is 6.73. The molecule has 9 heteroatoms. The molecule has 0 bridgehead atoms. The summed E-state index contributed by atoms with van der Waals surface area (Å²) < 4.78 is 11.4. The number of aromatic nitrogens is 2. The quantitative estimate of drug-likeness (QED) is 0.299. The van der Waals surface area contributed by atoms with Gasteiger partial charge in [-0.3, -0.25) is 0 Å². The highest BCUT2D eigenvalue weighted by molar-refractivity contribution is 6.31. The van der Waals surface area contributed by atoms with Gasteiger partial charge >= 0.3 is 5.63 Å². The predicted octanol–water partition coefficient (Wildman–Crippen LogP) is 6.03. The summed E-state index contributed by atoms with van der Waals surface area (Å²) in [5, 5.41) is 43.4. The summed E-state index contributed by atoms with van der Waals surface area (Å²) in [5.74, 6) is 2.31. The van der Waals surface area contributed by atoms with Crippen LogP contribution in [0.5, 0.6) is 0 Å². The predicted molar refractivity (Wildman–Crippen MR) is 162 cm³/mol. The lowest BCUT2D eigenvalue weighted by atomic mass is 9.43. The molecule has 2 aromatic heterocycles. The van der Waals surface area contributed by atoms with E-state index in [9.17, 15) is 20.1 Å². The zero-order valence-electron chi connectivity index (χ0n) is 25.2. The van der Waals surface area contributed by atoms with E-state index in [1.807, 2.05) is 0 Å². The summed E-state index contributed by atoms with van der Waals surface area (Å²) in [4.78, 5) is 12.6. The molecule has 4 unspecified atom stereocenters. The number of halogens is 1. The number of fused-ring (bicyclic) bond motifs is 6. The summed E-state index contributed by atoms with van der Waals surface area (Å²) in [6.07, 6.45) is 6.45. The maximum atomic E-state index is 12.6. The van der Waals surface area contributed by atoms with Crippen LogP contribution >= 0.6 is 11.6 Å². The van der Waals surface area contributed by atoms with Gasteiger partial charge in [0.15, 0.2) is 0 Å². The molecule has 11 atom stereocenters. The van der Waals surface area contributed by atoms with Gasteiger partial charge in [-0.05, 0) is 122 Å². The van der Waals surface area contributed by atoms with E-state index >= 15 is 0 Å². The van der Waals surface area contributed by atoms with Crippen LogP contribution in [0.1, 0.15) is 78.0 Å². The molecule has 0 spiro atoms. The van der Waals surface area contributed by atoms with Crippen molar-refractivity contribution in [2.24, 2.45) is 46.3 Å². The van der Waals surface area contributed by atoms with Crippen molar-refractivity contribution in [3.8, 4) is 11.5 Å². The van der Waals surface area contributed by atoms with Gasteiger partial charge in [0.2, 0.25) is 5.89 Å². The third-order valence-electron chi connectivity index (χ3n) is 12.7. The minimum absolute atomic E-state index is 0.0688. The van der Waals surface area contributed by atoms with E-state index in [0.717, 1.165) is 51.4 Å². The van der Waals surface area contributed by atoms with Crippen molar-refractivity contribution in [1.82, 2.24) is 10.2 Å². The lowest BCUT2D eigenvalue weighted by Crippen LogP contribution is -2.62. The van der Waals surface area contributed by atoms with Gasteiger partial charge in [-0.25, -0.2) is 4.79 Å². The van der Waals surface area contributed by atoms with Gasteiger partial charge in [-0.2, -0.15) is 0 Å². The molecule has 43 heavy (non-hydrogen) atoms. The van der Waals surface area contributed by atoms with Gasteiger partial charge in [0.25, 0.3) is 5.89 Å². The largest absolute Gasteiger partial charge is 0.422 e. The lowest BCUT2D eigenvalue weighted by molar-refractivity contribution is -0.207. The first-order valence-corrected chi connectivity index (χ1v) is 16.5. The van der Waals surface area contributed by atoms with Crippen LogP contribution in [0.4, 0.5) is 0 Å². The highest BCUT2D eigenvalue weighted by atomic mass is 35.5. The number of aliphatic hydroxyl groups excluding tert-OH is 3. The Morgan fingerprint density at radius 1 is 1.02 bits per heavy atom. The molecule has 0 radical (unpaired) electrons. The van der Waals surface area contributed by atoms with Crippen molar-refractivity contribution in [3.63, 3.8) is 0 Å². The van der Waals surface area contributed by atoms with Gasteiger partial charge in [0, 0.05) is 16.8 Å². The average Bonchev–Trinajstić information content (AvgIpc) is 3.58. The molecule has 4 fully saturated rings. The second-order valence-electron chi connectivity index (χ2n) is 14.7. The fourth-order valence-electron chi connectivity index (χ4n) is 10.4. The molecule has 4 aliphatic carbocycles. The normalized spacial score (nSPS) is 39.7. The van der Waals surface area contributed by atoms with E-state index in [2.05, 4.69) is 31.0 Å². The van der Waals surface area contributed by atoms with E-state index in [-0.39, 0.29) is 52.2 Å². The van der Waals surface area contributed by atoms with Crippen LogP contribution in [0.2, 0.25) is 5.02 Å². The number of hydrogen-bond donors (Lipinski definition) is 3. The number of benzene rings is 1. The molecular weight excluding hydrogens is 568 g/mol. The Morgan fingerprint density at radius 3 is 2.65 bits per heavy atom. The monoisotopic (exact) mass is 610 g/mol. The third-order valence-corrected chi connectivity index (χ3v) is 13.0. The van der Waals surface area contributed by atoms with Crippen molar-refractivity contribution in [2.45, 2.75) is 96.9 Å². The van der Waals surface area contributed by atoms with Gasteiger partial charge in [-0.1, -0.05) is 32.4 Å². The maximum Gasteiger partial charge on any atom is 0.349 e. The second-order valence-corrected chi connectivity index (χ2v) is 15.1. The molecule has 1 aromatic carbocycles. The maximum absolute atomic E-state index is 12.6. The summed E-state index contributed by atoms with van der Waals surface area (Å²) in [7, 11) is 0. The molecule has 7 rings (SSSR count). The van der Waals surface area contributed by atoms with E-state index < -0.39 is 11.7 Å². The standard InChI is InChI=1S/C34H43ClN2O6/c1-17(4-9-29-36-37-31(43-29)22-13-18-12-20(35)5-8-27(18)42-32(22)41)23-6-7-24-30-25(16-28(40)34(23,24)3)33(2)11-10-21(38)14-19(33)15-26(30)39/h5,8,12-13,17,19,21,23-26,28,30,38-40H,4,6-7,9-11,14-16H2,1-3H3/t17-,19?,21-,23-,24?,25?,26-,28+,30?,33+,34-/m1/s1. The molecule has 3 N–H and O–H groups in total. The van der Waals surface area contributed by atoms with Crippen molar-refractivity contribution in [2.75, 3.05) is 0 Å². The third kappa shape index (κ3) is 4.70. The second kappa shape index (κ2) is 10.7. The van der Waals surface area contributed by atoms with Crippen molar-refractivity contribution >= 4 is 22.6 Å². The minimum Gasteiger partial charge on any atom is -0.422 e. The van der Waals surface area contributed by atoms with Crippen LogP contribution in [0, 0.1) is 46.3 Å². The van der Waals surface area contributed by atoms with Gasteiger partial charge in [0.05, 0.1) is 18.3 Å². The Bertz CT molecular complexity index is 1570. The van der Waals surface area contributed by atoms with Crippen LogP contribution in [-0.2, 0) is 6.42 Å². The van der Waals surface area contributed by atoms with Crippen molar-refractivity contribution in [1.29, 1.82) is 0 Å². The molecule has 4 saturated carbocycles. The molecule has 8 nitrogen and oxygen atoms in total. The topological polar surface area (TPSA) is 130 Å². The lowest BCUT2D eigenvalue weighted by Gasteiger charge is -2.63. The molecule has 0 aliphatic heterocycles. The molecular formula is C34H43ClN2O6. The SMILES string of the molecule is C[C@H](CCc1nnc(-c2cc3cc(Cl)ccc3oc2=O)o1)[C@H]1CCC2C3C(C[C@H](O)[C@@]21C)[C@@]1(C)CC[C@@H](O)CC1C[C@H]3O. The number of aliphatic hydroxyl groups is 3. The van der Waals surface area contributed by atoms with Crippen LogP contribution in [0.15, 0.2) is 37.9 Å². The number of rotatable bonds is 5. The Hall–Kier alpha value is -2.26. The molecule has 3 aromatic rings. The summed E-state index contributed by atoms with van der Waals surface area (Å²) in [5.41, 5.74) is -0.0770. The fourth-order valence-corrected chi connectivity index (χ4v) is 10.6. The Balaban J connectivity index is 1.06. The van der Waals surface area contributed by atoms with Crippen LogP contribution in [-0.4, -0.2) is 43.8 Å². The molecule has 0 saturated heterocycles. The Morgan fingerprint density at radius 2 is 1.84 bits per heavy atom. The van der Waals surface area contributed by atoms with Crippen LogP contribution in [0.25, 0.3) is 22.4 Å². The Kier molecular flexibility index (Phi) is 7.31. The van der Waals surface area contributed by atoms with Crippen molar-refractivity contribution in [3.05, 3.63) is 45.6 Å². The fraction of sp³-hybridized carbons (Fsp3) is 0.676. The van der Waals surface area contributed by atoms with E-state index in [0.29, 0.717) is 46.1 Å². The molecule has 0 amide bonds. The first-order chi connectivity index (χ1) is 20.5. The molecule has 4 aliphatic rings. The Labute approximate surface area is 256 Å². The highest BCUT2D eigenvalue weighted by Crippen LogP contribution is 2.68. The average molecular weight is 611 g/mol. The summed E-state index contributed by atoms with van der Waals surface area (Å²) >= 11 is 6.12. The van der Waals surface area contributed by atoms with Gasteiger partial charge in [-0.15, -0.1) is 10.2 Å². The van der Waals surface area contributed by atoms with E-state index in [1.165, 1.54) is 0 Å². The first kappa shape index (κ1) is 29.5. The smallest absolute Gasteiger partial charge is 0.349 e. The number of nitrogens with zero attached hydrogens (tertiary/aromatic N) is 2.